The lowest BCUT2D eigenvalue weighted by molar-refractivity contribution is 0.0432. The summed E-state index contributed by atoms with van der Waals surface area (Å²) in [6.07, 6.45) is 3.53. The quantitative estimate of drug-likeness (QED) is 0.444. The summed E-state index contributed by atoms with van der Waals surface area (Å²) in [7, 11) is 0. The van der Waals surface area contributed by atoms with Crippen molar-refractivity contribution in [3.63, 3.8) is 0 Å². The Morgan fingerprint density at radius 1 is 0.438 bits per heavy atom. The molecule has 0 radical (unpaired) electrons. The van der Waals surface area contributed by atoms with Crippen LogP contribution in [0, 0.1) is 0 Å². The van der Waals surface area contributed by atoms with E-state index in [0.717, 1.165) is 6.42 Å². The Morgan fingerprint density at radius 3 is 1.19 bits per heavy atom. The summed E-state index contributed by atoms with van der Waals surface area (Å²) in [6.45, 7) is 0.651. The van der Waals surface area contributed by atoms with Gasteiger partial charge in [0.2, 0.25) is 0 Å². The maximum atomic E-state index is 12.3. The molecule has 7 nitrogen and oxygen atoms in total. The van der Waals surface area contributed by atoms with E-state index in [2.05, 4.69) is 0 Å². The van der Waals surface area contributed by atoms with Crippen LogP contribution in [0.25, 0.3) is 0 Å². The molecule has 0 aliphatic carbocycles. The molecule has 32 heavy (non-hydrogen) atoms. The third kappa shape index (κ3) is 6.77. The van der Waals surface area contributed by atoms with Crippen molar-refractivity contribution in [2.24, 2.45) is 0 Å². The second-order valence-electron chi connectivity index (χ2n) is 7.50. The van der Waals surface area contributed by atoms with Gasteiger partial charge in [0, 0.05) is 12.0 Å². The highest BCUT2D eigenvalue weighted by Gasteiger charge is 2.13. The topological polar surface area (TPSA) is 96.0 Å². The van der Waals surface area contributed by atoms with Crippen molar-refractivity contribution in [3.8, 4) is 0 Å². The largest absolute Gasteiger partial charge is 0.462 e. The van der Waals surface area contributed by atoms with Crippen LogP contribution in [0.2, 0.25) is 0 Å². The van der Waals surface area contributed by atoms with Crippen LogP contribution in [-0.4, -0.2) is 43.5 Å². The second kappa shape index (κ2) is 11.8. The molecule has 0 atom stereocenters. The SMILES string of the molecule is O=C1CCCCCOC(=O)c2ccc(cc2)C(=O)OCCCCOC(=O)c2ccc1cc2. The average Bonchev–Trinajstić information content (AvgIpc) is 2.82. The van der Waals surface area contributed by atoms with Gasteiger partial charge in [-0.1, -0.05) is 12.1 Å². The smallest absolute Gasteiger partial charge is 0.338 e. The van der Waals surface area contributed by atoms with Crippen molar-refractivity contribution in [3.05, 3.63) is 70.8 Å². The van der Waals surface area contributed by atoms with Crippen LogP contribution in [0.5, 0.6) is 0 Å². The van der Waals surface area contributed by atoms with Crippen LogP contribution in [0.3, 0.4) is 0 Å². The highest BCUT2D eigenvalue weighted by molar-refractivity contribution is 5.97. The highest BCUT2D eigenvalue weighted by atomic mass is 16.5. The van der Waals surface area contributed by atoms with Crippen molar-refractivity contribution >= 4 is 23.7 Å². The standard InChI is InChI=1S/C25H26O7/c26-22-6-2-1-3-15-30-24(28)20-11-13-21(14-12-20)25(29)32-17-5-4-16-31-23(27)19-9-7-18(22)8-10-19/h7-14H,1-6,15-17H2. The van der Waals surface area contributed by atoms with Gasteiger partial charge in [-0.05, 0) is 68.5 Å². The number of carbonyl (C=O) groups is 4. The van der Waals surface area contributed by atoms with Gasteiger partial charge in [-0.25, -0.2) is 14.4 Å². The van der Waals surface area contributed by atoms with Crippen molar-refractivity contribution < 1.29 is 33.4 Å². The molecule has 0 N–H and O–H groups in total. The average molecular weight is 438 g/mol. The van der Waals surface area contributed by atoms with Gasteiger partial charge in [-0.15, -0.1) is 0 Å². The van der Waals surface area contributed by atoms with Gasteiger partial charge in [0.15, 0.2) is 5.78 Å². The minimum Gasteiger partial charge on any atom is -0.462 e. The predicted octanol–water partition coefficient (Wildman–Crippen LogP) is 4.39. The molecule has 7 heteroatoms. The second-order valence-corrected chi connectivity index (χ2v) is 7.50. The monoisotopic (exact) mass is 438 g/mol. The van der Waals surface area contributed by atoms with Crippen molar-refractivity contribution in [2.75, 3.05) is 19.8 Å². The Balaban J connectivity index is 1.61. The van der Waals surface area contributed by atoms with E-state index in [4.69, 9.17) is 14.2 Å². The van der Waals surface area contributed by atoms with Crippen LogP contribution in [-0.2, 0) is 14.2 Å². The zero-order valence-electron chi connectivity index (χ0n) is 17.8. The van der Waals surface area contributed by atoms with E-state index in [0.29, 0.717) is 54.4 Å². The van der Waals surface area contributed by atoms with Crippen molar-refractivity contribution in [1.82, 2.24) is 0 Å². The molecule has 4 heterocycles. The highest BCUT2D eigenvalue weighted by Crippen LogP contribution is 2.13. The zero-order valence-corrected chi connectivity index (χ0v) is 17.8. The number of esters is 3. The van der Waals surface area contributed by atoms with E-state index in [1.807, 2.05) is 0 Å². The van der Waals surface area contributed by atoms with Crippen LogP contribution < -0.4 is 0 Å². The fourth-order valence-corrected chi connectivity index (χ4v) is 3.19. The number of rotatable bonds is 0. The Bertz CT molecular complexity index is 788. The molecule has 0 unspecified atom stereocenters. The number of hydrogen-bond acceptors (Lipinski definition) is 7. The molecule has 0 aromatic heterocycles. The molecule has 0 spiro atoms. The number of ketones is 1. The lowest BCUT2D eigenvalue weighted by atomic mass is 10.0. The van der Waals surface area contributed by atoms with Gasteiger partial charge >= 0.3 is 17.9 Å². The fourth-order valence-electron chi connectivity index (χ4n) is 3.19. The van der Waals surface area contributed by atoms with Gasteiger partial charge < -0.3 is 14.2 Å². The number of hydrogen-bond donors (Lipinski definition) is 0. The minimum absolute atomic E-state index is 0.00556. The Hall–Kier alpha value is -3.48. The Kier molecular flexibility index (Phi) is 8.54. The van der Waals surface area contributed by atoms with Gasteiger partial charge in [-0.2, -0.15) is 0 Å². The molecule has 4 aliphatic rings. The lowest BCUT2D eigenvalue weighted by Crippen LogP contribution is -2.10. The minimum atomic E-state index is -0.481. The first-order valence-corrected chi connectivity index (χ1v) is 10.8. The fraction of sp³-hybridized carbons (Fsp3) is 0.360. The molecule has 168 valence electrons. The molecule has 0 amide bonds. The van der Waals surface area contributed by atoms with Gasteiger partial charge in [0.25, 0.3) is 0 Å². The molecule has 0 saturated heterocycles. The van der Waals surface area contributed by atoms with Gasteiger partial charge in [0.1, 0.15) is 0 Å². The summed E-state index contributed by atoms with van der Waals surface area (Å²) in [5.41, 5.74) is 1.63. The molecule has 2 aromatic carbocycles. The first kappa shape index (κ1) is 23.2. The van der Waals surface area contributed by atoms with Crippen LogP contribution in [0.4, 0.5) is 0 Å². The maximum absolute atomic E-state index is 12.3. The number of carbonyl (C=O) groups excluding carboxylic acids is 4. The van der Waals surface area contributed by atoms with E-state index < -0.39 is 17.9 Å². The molecule has 2 aromatic rings. The maximum Gasteiger partial charge on any atom is 0.338 e. The van der Waals surface area contributed by atoms with E-state index in [1.54, 1.807) is 24.3 Å². The Morgan fingerprint density at radius 2 is 0.781 bits per heavy atom. The summed E-state index contributed by atoms with van der Waals surface area (Å²) in [5, 5.41) is 0. The van der Waals surface area contributed by atoms with Crippen molar-refractivity contribution in [2.45, 2.75) is 38.5 Å². The first-order chi connectivity index (χ1) is 15.5. The normalized spacial score (nSPS) is 17.2. The molecular formula is C25H26O7. The van der Waals surface area contributed by atoms with E-state index >= 15 is 0 Å². The summed E-state index contributed by atoms with van der Waals surface area (Å²) in [4.78, 5) is 48.7. The number of ether oxygens (including phenoxy) is 3. The van der Waals surface area contributed by atoms with Gasteiger partial charge in [0.05, 0.1) is 36.5 Å². The van der Waals surface area contributed by atoms with E-state index in [-0.39, 0.29) is 25.6 Å². The molecule has 0 fully saturated rings. The first-order valence-electron chi connectivity index (χ1n) is 10.8. The third-order valence-corrected chi connectivity index (χ3v) is 5.09. The van der Waals surface area contributed by atoms with Crippen LogP contribution in [0.15, 0.2) is 48.5 Å². The molecular weight excluding hydrogens is 412 g/mol. The van der Waals surface area contributed by atoms with Crippen LogP contribution in [0.1, 0.15) is 80.0 Å². The predicted molar refractivity (Wildman–Crippen MR) is 116 cm³/mol. The van der Waals surface area contributed by atoms with E-state index in [1.165, 1.54) is 24.3 Å². The molecule has 4 bridgehead atoms. The third-order valence-electron chi connectivity index (χ3n) is 5.09. The lowest BCUT2D eigenvalue weighted by Gasteiger charge is -2.08. The van der Waals surface area contributed by atoms with Crippen molar-refractivity contribution in [1.29, 1.82) is 0 Å². The van der Waals surface area contributed by atoms with E-state index in [9.17, 15) is 19.2 Å². The molecule has 4 aliphatic heterocycles. The Labute approximate surface area is 186 Å². The summed E-state index contributed by atoms with van der Waals surface area (Å²) in [6, 6.07) is 12.5. The zero-order chi connectivity index (χ0) is 22.8. The van der Waals surface area contributed by atoms with Gasteiger partial charge in [-0.3, -0.25) is 4.79 Å². The molecule has 0 saturated carbocycles. The number of Topliss-reactive ketones (excluding diaryl/α,β-unsaturated/α-hetero) is 1. The number of benzene rings is 2. The molecule has 6 rings (SSSR count). The van der Waals surface area contributed by atoms with Crippen LogP contribution >= 0.6 is 0 Å². The summed E-state index contributed by atoms with van der Waals surface area (Å²) < 4.78 is 15.7. The summed E-state index contributed by atoms with van der Waals surface area (Å²) >= 11 is 0. The summed E-state index contributed by atoms with van der Waals surface area (Å²) in [5.74, 6) is -1.38.